The maximum absolute atomic E-state index is 13.5. The number of ether oxygens (including phenoxy) is 1. The topological polar surface area (TPSA) is 66.0 Å². The molecule has 1 fully saturated rings. The molecule has 0 spiro atoms. The number of methoxy groups -OCH3 is 1. The number of pyridine rings is 1. The van der Waals surface area contributed by atoms with Gasteiger partial charge in [-0.25, -0.2) is 0 Å². The van der Waals surface area contributed by atoms with Crippen LogP contribution in [0.2, 0.25) is 0 Å². The van der Waals surface area contributed by atoms with Gasteiger partial charge in [0.15, 0.2) is 0 Å². The summed E-state index contributed by atoms with van der Waals surface area (Å²) >= 11 is 0. The molecular weight excluding hydrogens is 440 g/mol. The predicted octanol–water partition coefficient (Wildman–Crippen LogP) is 4.00. The smallest absolute Gasteiger partial charge is 0.254 e. The summed E-state index contributed by atoms with van der Waals surface area (Å²) in [6.07, 6.45) is 5.68. The van der Waals surface area contributed by atoms with Crippen molar-refractivity contribution in [2.75, 3.05) is 43.1 Å². The average molecular weight is 471 g/mol. The van der Waals surface area contributed by atoms with Crippen LogP contribution < -0.4 is 14.5 Å². The zero-order chi connectivity index (χ0) is 24.2. The average Bonchev–Trinajstić information content (AvgIpc) is 3.05. The lowest BCUT2D eigenvalue weighted by molar-refractivity contribution is -0.119. The minimum Gasteiger partial charge on any atom is -0.497 e. The molecule has 0 N–H and O–H groups in total. The molecule has 7 nitrogen and oxygen atoms in total. The quantitative estimate of drug-likeness (QED) is 0.564. The third-order valence-electron chi connectivity index (χ3n) is 6.96. The second-order valence-corrected chi connectivity index (χ2v) is 9.16. The fourth-order valence-electron chi connectivity index (χ4n) is 5.02. The van der Waals surface area contributed by atoms with Gasteiger partial charge in [0.25, 0.3) is 5.91 Å². The predicted molar refractivity (Wildman–Crippen MR) is 136 cm³/mol. The van der Waals surface area contributed by atoms with E-state index in [4.69, 9.17) is 4.74 Å². The third-order valence-corrected chi connectivity index (χ3v) is 6.96. The van der Waals surface area contributed by atoms with Crippen LogP contribution in [-0.4, -0.2) is 55.0 Å². The first-order chi connectivity index (χ1) is 17.1. The molecule has 1 saturated heterocycles. The van der Waals surface area contributed by atoms with E-state index in [-0.39, 0.29) is 18.4 Å². The first-order valence-corrected chi connectivity index (χ1v) is 12.1. The van der Waals surface area contributed by atoms with Crippen molar-refractivity contribution in [3.63, 3.8) is 0 Å². The van der Waals surface area contributed by atoms with Crippen molar-refractivity contribution in [3.05, 3.63) is 84.2 Å². The molecule has 180 valence electrons. The van der Waals surface area contributed by atoms with Crippen LogP contribution in [0.15, 0.2) is 73.1 Å². The Morgan fingerprint density at radius 3 is 2.54 bits per heavy atom. The molecular formula is C28H30N4O3. The summed E-state index contributed by atoms with van der Waals surface area (Å²) in [4.78, 5) is 36.9. The highest BCUT2D eigenvalue weighted by Crippen LogP contribution is 2.30. The molecule has 2 aliphatic rings. The number of para-hydroxylation sites is 1. The largest absolute Gasteiger partial charge is 0.497 e. The number of hydrogen-bond donors (Lipinski definition) is 0. The van der Waals surface area contributed by atoms with Crippen molar-refractivity contribution in [1.82, 2.24) is 9.88 Å². The number of carbonyl (C=O) groups is 2. The number of rotatable bonds is 5. The number of nitrogens with zero attached hydrogens (tertiary/aromatic N) is 4. The molecule has 2 aromatic carbocycles. The van der Waals surface area contributed by atoms with Gasteiger partial charge in [0.05, 0.1) is 7.11 Å². The van der Waals surface area contributed by atoms with Crippen molar-refractivity contribution in [2.24, 2.45) is 5.92 Å². The van der Waals surface area contributed by atoms with Crippen molar-refractivity contribution < 1.29 is 14.3 Å². The number of hydrogen-bond acceptors (Lipinski definition) is 5. The van der Waals surface area contributed by atoms with Gasteiger partial charge in [-0.15, -0.1) is 0 Å². The third kappa shape index (κ3) is 4.99. The number of carbonyl (C=O) groups excluding carboxylic acids is 2. The number of piperidine rings is 1. The van der Waals surface area contributed by atoms with Crippen LogP contribution in [0.5, 0.6) is 5.75 Å². The monoisotopic (exact) mass is 470 g/mol. The van der Waals surface area contributed by atoms with Gasteiger partial charge in [0.1, 0.15) is 12.3 Å². The van der Waals surface area contributed by atoms with E-state index in [1.807, 2.05) is 53.7 Å². The van der Waals surface area contributed by atoms with E-state index in [1.54, 1.807) is 36.3 Å². The summed E-state index contributed by atoms with van der Waals surface area (Å²) in [7, 11) is 1.58. The van der Waals surface area contributed by atoms with Gasteiger partial charge in [-0.3, -0.25) is 14.6 Å². The molecule has 2 amide bonds. The lowest BCUT2D eigenvalue weighted by Gasteiger charge is -2.36. The van der Waals surface area contributed by atoms with Gasteiger partial charge in [-0.2, -0.15) is 0 Å². The summed E-state index contributed by atoms with van der Waals surface area (Å²) in [5.41, 5.74) is 3.62. The van der Waals surface area contributed by atoms with E-state index in [1.165, 1.54) is 5.69 Å². The molecule has 35 heavy (non-hydrogen) atoms. The van der Waals surface area contributed by atoms with E-state index < -0.39 is 0 Å². The van der Waals surface area contributed by atoms with Crippen molar-refractivity contribution in [2.45, 2.75) is 19.4 Å². The van der Waals surface area contributed by atoms with Crippen molar-refractivity contribution >= 4 is 23.2 Å². The lowest BCUT2D eigenvalue weighted by Crippen LogP contribution is -2.44. The van der Waals surface area contributed by atoms with E-state index in [0.717, 1.165) is 37.2 Å². The number of amides is 2. The summed E-state index contributed by atoms with van der Waals surface area (Å²) in [5.74, 6) is 0.824. The van der Waals surface area contributed by atoms with Gasteiger partial charge >= 0.3 is 0 Å². The lowest BCUT2D eigenvalue weighted by atomic mass is 9.95. The van der Waals surface area contributed by atoms with E-state index >= 15 is 0 Å². The SMILES string of the molecule is COc1cccc(C(=O)N2CC(=O)N(CC3CCN(c4ccncc4)CC3)c3ccccc3C2)c1. The molecule has 5 rings (SSSR count). The van der Waals surface area contributed by atoms with Gasteiger partial charge in [-0.1, -0.05) is 24.3 Å². The molecule has 0 atom stereocenters. The Kier molecular flexibility index (Phi) is 6.66. The number of fused-ring (bicyclic) bond motifs is 1. The molecule has 1 aromatic heterocycles. The maximum atomic E-state index is 13.5. The van der Waals surface area contributed by atoms with Crippen molar-refractivity contribution in [1.29, 1.82) is 0 Å². The van der Waals surface area contributed by atoms with Crippen LogP contribution >= 0.6 is 0 Å². The zero-order valence-electron chi connectivity index (χ0n) is 20.0. The van der Waals surface area contributed by atoms with Gasteiger partial charge < -0.3 is 19.4 Å². The standard InChI is InChI=1S/C28H30N4O3/c1-35-25-7-4-6-22(17-25)28(34)31-19-23-5-2-3-8-26(23)32(27(33)20-31)18-21-11-15-30(16-12-21)24-9-13-29-14-10-24/h2-10,13-14,17,21H,11-12,15-16,18-20H2,1H3. The van der Waals surface area contributed by atoms with E-state index in [2.05, 4.69) is 9.88 Å². The Balaban J connectivity index is 1.32. The summed E-state index contributed by atoms with van der Waals surface area (Å²) in [5, 5.41) is 0. The summed E-state index contributed by atoms with van der Waals surface area (Å²) < 4.78 is 5.28. The Labute approximate surface area is 205 Å². The van der Waals surface area contributed by atoms with E-state index in [9.17, 15) is 9.59 Å². The van der Waals surface area contributed by atoms with Crippen LogP contribution in [0, 0.1) is 5.92 Å². The molecule has 3 heterocycles. The minimum atomic E-state index is -0.167. The second-order valence-electron chi connectivity index (χ2n) is 9.16. The highest BCUT2D eigenvalue weighted by atomic mass is 16.5. The normalized spacial score (nSPS) is 16.6. The van der Waals surface area contributed by atoms with Gasteiger partial charge in [0, 0.05) is 55.5 Å². The Hall–Kier alpha value is -3.87. The molecule has 0 aliphatic carbocycles. The number of aromatic nitrogens is 1. The molecule has 0 bridgehead atoms. The van der Waals surface area contributed by atoms with Crippen LogP contribution in [-0.2, 0) is 11.3 Å². The summed E-state index contributed by atoms with van der Waals surface area (Å²) in [6, 6.07) is 19.1. The first-order valence-electron chi connectivity index (χ1n) is 12.1. The van der Waals surface area contributed by atoms with Crippen LogP contribution in [0.25, 0.3) is 0 Å². The molecule has 7 heteroatoms. The van der Waals surface area contributed by atoms with Gasteiger partial charge in [0.2, 0.25) is 5.91 Å². The second kappa shape index (κ2) is 10.2. The zero-order valence-corrected chi connectivity index (χ0v) is 20.0. The highest BCUT2D eigenvalue weighted by molar-refractivity contribution is 6.02. The minimum absolute atomic E-state index is 0.0391. The maximum Gasteiger partial charge on any atom is 0.254 e. The molecule has 0 saturated carbocycles. The summed E-state index contributed by atoms with van der Waals surface area (Å²) in [6.45, 7) is 3.04. The highest BCUT2D eigenvalue weighted by Gasteiger charge is 2.31. The fourth-order valence-corrected chi connectivity index (χ4v) is 5.02. The fraction of sp³-hybridized carbons (Fsp3) is 0.321. The molecule has 2 aliphatic heterocycles. The number of anilines is 2. The van der Waals surface area contributed by atoms with Crippen molar-refractivity contribution in [3.8, 4) is 5.75 Å². The van der Waals surface area contributed by atoms with Crippen LogP contribution in [0.1, 0.15) is 28.8 Å². The Morgan fingerprint density at radius 2 is 1.77 bits per heavy atom. The molecule has 0 radical (unpaired) electrons. The van der Waals surface area contributed by atoms with E-state index in [0.29, 0.717) is 30.3 Å². The van der Waals surface area contributed by atoms with Crippen LogP contribution in [0.4, 0.5) is 11.4 Å². The molecule has 3 aromatic rings. The van der Waals surface area contributed by atoms with Gasteiger partial charge in [-0.05, 0) is 60.7 Å². The Bertz CT molecular complexity index is 1190. The number of benzene rings is 2. The molecule has 0 unspecified atom stereocenters. The first kappa shape index (κ1) is 22.9. The van der Waals surface area contributed by atoms with Crippen LogP contribution in [0.3, 0.4) is 0 Å². The Morgan fingerprint density at radius 1 is 1.00 bits per heavy atom.